The topological polar surface area (TPSA) is 12.0 Å². The number of rotatable bonds is 7. The monoisotopic (exact) mass is 185 g/mol. The lowest BCUT2D eigenvalue weighted by Gasteiger charge is -2.23. The summed E-state index contributed by atoms with van der Waals surface area (Å²) in [5.41, 5.74) is 0. The molecule has 0 aliphatic rings. The van der Waals surface area contributed by atoms with Gasteiger partial charge < -0.3 is 5.32 Å². The summed E-state index contributed by atoms with van der Waals surface area (Å²) in [5.74, 6) is 1.67. The van der Waals surface area contributed by atoms with E-state index in [1.165, 1.54) is 25.7 Å². The summed E-state index contributed by atoms with van der Waals surface area (Å²) in [6, 6.07) is 0.726. The fraction of sp³-hybridized carbons (Fsp3) is 1.00. The van der Waals surface area contributed by atoms with Gasteiger partial charge in [-0.1, -0.05) is 40.5 Å². The minimum absolute atomic E-state index is 0.726. The Morgan fingerprint density at radius 1 is 1.00 bits per heavy atom. The van der Waals surface area contributed by atoms with Crippen molar-refractivity contribution in [2.45, 2.75) is 59.4 Å². The lowest BCUT2D eigenvalue weighted by Crippen LogP contribution is -2.32. The SMILES string of the molecule is CCCC(NC)C(C)CCC(C)C. The quantitative estimate of drug-likeness (QED) is 0.640. The maximum Gasteiger partial charge on any atom is 0.00895 e. The molecule has 0 spiro atoms. The molecule has 0 rings (SSSR count). The maximum atomic E-state index is 3.43. The maximum absolute atomic E-state index is 3.43. The van der Waals surface area contributed by atoms with Crippen LogP contribution in [0.15, 0.2) is 0 Å². The van der Waals surface area contributed by atoms with Crippen LogP contribution < -0.4 is 5.32 Å². The third-order valence-electron chi connectivity index (χ3n) is 2.86. The van der Waals surface area contributed by atoms with Gasteiger partial charge in [-0.05, 0) is 31.7 Å². The Morgan fingerprint density at radius 2 is 1.62 bits per heavy atom. The predicted molar refractivity (Wildman–Crippen MR) is 61.0 cm³/mol. The van der Waals surface area contributed by atoms with E-state index in [0.29, 0.717) is 0 Å². The van der Waals surface area contributed by atoms with Gasteiger partial charge in [-0.25, -0.2) is 0 Å². The Bertz CT molecular complexity index is 110. The molecule has 1 heteroatoms. The third-order valence-corrected chi connectivity index (χ3v) is 2.86. The first-order valence-corrected chi connectivity index (χ1v) is 5.79. The Kier molecular flexibility index (Phi) is 7.35. The molecule has 2 atom stereocenters. The highest BCUT2D eigenvalue weighted by molar-refractivity contribution is 4.71. The van der Waals surface area contributed by atoms with E-state index in [1.807, 2.05) is 0 Å². The smallest absolute Gasteiger partial charge is 0.00895 e. The summed E-state index contributed by atoms with van der Waals surface area (Å²) in [6.45, 7) is 9.25. The van der Waals surface area contributed by atoms with Crippen LogP contribution in [0.25, 0.3) is 0 Å². The normalized spacial score (nSPS) is 16.2. The molecule has 0 radical (unpaired) electrons. The highest BCUT2D eigenvalue weighted by Crippen LogP contribution is 2.17. The molecule has 0 aromatic rings. The molecule has 0 aromatic carbocycles. The van der Waals surface area contributed by atoms with Crippen LogP contribution >= 0.6 is 0 Å². The number of hydrogen-bond acceptors (Lipinski definition) is 1. The van der Waals surface area contributed by atoms with E-state index in [4.69, 9.17) is 0 Å². The van der Waals surface area contributed by atoms with Crippen molar-refractivity contribution in [3.63, 3.8) is 0 Å². The molecule has 0 heterocycles. The first-order valence-electron chi connectivity index (χ1n) is 5.79. The minimum atomic E-state index is 0.726. The molecule has 0 saturated heterocycles. The summed E-state index contributed by atoms with van der Waals surface area (Å²) in [6.07, 6.45) is 5.33. The van der Waals surface area contributed by atoms with E-state index < -0.39 is 0 Å². The molecule has 1 nitrogen and oxygen atoms in total. The Labute approximate surface area is 84.3 Å². The van der Waals surface area contributed by atoms with Gasteiger partial charge in [0.25, 0.3) is 0 Å². The molecule has 13 heavy (non-hydrogen) atoms. The molecule has 0 saturated carbocycles. The summed E-state index contributed by atoms with van der Waals surface area (Å²) >= 11 is 0. The fourth-order valence-electron chi connectivity index (χ4n) is 1.82. The van der Waals surface area contributed by atoms with E-state index >= 15 is 0 Å². The Hall–Kier alpha value is -0.0400. The van der Waals surface area contributed by atoms with Crippen molar-refractivity contribution in [3.05, 3.63) is 0 Å². The van der Waals surface area contributed by atoms with Gasteiger partial charge in [-0.2, -0.15) is 0 Å². The predicted octanol–water partition coefficient (Wildman–Crippen LogP) is 3.45. The molecule has 0 fully saturated rings. The summed E-state index contributed by atoms with van der Waals surface area (Å²) in [7, 11) is 2.09. The molecular weight excluding hydrogens is 158 g/mol. The van der Waals surface area contributed by atoms with Gasteiger partial charge in [-0.15, -0.1) is 0 Å². The highest BCUT2D eigenvalue weighted by Gasteiger charge is 2.14. The molecule has 0 aliphatic carbocycles. The second-order valence-electron chi connectivity index (χ2n) is 4.63. The zero-order valence-corrected chi connectivity index (χ0v) is 10.1. The zero-order chi connectivity index (χ0) is 10.3. The molecule has 0 bridgehead atoms. The first-order chi connectivity index (χ1) is 6.11. The van der Waals surface area contributed by atoms with Crippen LogP contribution in [-0.4, -0.2) is 13.1 Å². The van der Waals surface area contributed by atoms with Crippen LogP contribution in [-0.2, 0) is 0 Å². The molecule has 0 amide bonds. The standard InChI is InChI=1S/C12H27N/c1-6-7-12(13-5)11(4)9-8-10(2)3/h10-13H,6-9H2,1-5H3. The second-order valence-corrected chi connectivity index (χ2v) is 4.63. The zero-order valence-electron chi connectivity index (χ0n) is 10.1. The average Bonchev–Trinajstić information content (AvgIpc) is 2.10. The van der Waals surface area contributed by atoms with Gasteiger partial charge >= 0.3 is 0 Å². The van der Waals surface area contributed by atoms with E-state index in [1.54, 1.807) is 0 Å². The van der Waals surface area contributed by atoms with Gasteiger partial charge in [0, 0.05) is 6.04 Å². The van der Waals surface area contributed by atoms with Crippen molar-refractivity contribution in [1.29, 1.82) is 0 Å². The van der Waals surface area contributed by atoms with Crippen molar-refractivity contribution in [2.24, 2.45) is 11.8 Å². The Balaban J connectivity index is 3.69. The van der Waals surface area contributed by atoms with Crippen molar-refractivity contribution in [3.8, 4) is 0 Å². The van der Waals surface area contributed by atoms with Gasteiger partial charge in [0.15, 0.2) is 0 Å². The molecule has 1 N–H and O–H groups in total. The van der Waals surface area contributed by atoms with Crippen LogP contribution in [0.2, 0.25) is 0 Å². The highest BCUT2D eigenvalue weighted by atomic mass is 14.9. The van der Waals surface area contributed by atoms with E-state index in [9.17, 15) is 0 Å². The van der Waals surface area contributed by atoms with E-state index in [0.717, 1.165) is 17.9 Å². The van der Waals surface area contributed by atoms with Gasteiger partial charge in [0.1, 0.15) is 0 Å². The molecule has 0 aromatic heterocycles. The van der Waals surface area contributed by atoms with Crippen molar-refractivity contribution in [2.75, 3.05) is 7.05 Å². The molecule has 0 aliphatic heterocycles. The molecule has 80 valence electrons. The average molecular weight is 185 g/mol. The largest absolute Gasteiger partial charge is 0.317 e. The second kappa shape index (κ2) is 7.37. The summed E-state index contributed by atoms with van der Waals surface area (Å²) in [4.78, 5) is 0. The third kappa shape index (κ3) is 6.09. The van der Waals surface area contributed by atoms with Gasteiger partial charge in [0.05, 0.1) is 0 Å². The fourth-order valence-corrected chi connectivity index (χ4v) is 1.82. The lowest BCUT2D eigenvalue weighted by molar-refractivity contribution is 0.333. The van der Waals surface area contributed by atoms with Crippen molar-refractivity contribution < 1.29 is 0 Å². The van der Waals surface area contributed by atoms with Crippen molar-refractivity contribution in [1.82, 2.24) is 5.32 Å². The van der Waals surface area contributed by atoms with Gasteiger partial charge in [0.2, 0.25) is 0 Å². The minimum Gasteiger partial charge on any atom is -0.317 e. The lowest BCUT2D eigenvalue weighted by atomic mass is 9.91. The molecule has 2 unspecified atom stereocenters. The van der Waals surface area contributed by atoms with Crippen LogP contribution in [0, 0.1) is 11.8 Å². The summed E-state index contributed by atoms with van der Waals surface area (Å²) < 4.78 is 0. The van der Waals surface area contributed by atoms with Crippen LogP contribution in [0.1, 0.15) is 53.4 Å². The number of hydrogen-bond donors (Lipinski definition) is 1. The first kappa shape index (κ1) is 13.0. The Morgan fingerprint density at radius 3 is 2.00 bits per heavy atom. The summed E-state index contributed by atoms with van der Waals surface area (Å²) in [5, 5.41) is 3.43. The van der Waals surface area contributed by atoms with E-state index in [2.05, 4.69) is 40.1 Å². The van der Waals surface area contributed by atoms with Crippen LogP contribution in [0.5, 0.6) is 0 Å². The molecular formula is C12H27N. The van der Waals surface area contributed by atoms with Crippen molar-refractivity contribution >= 4 is 0 Å². The van der Waals surface area contributed by atoms with Crippen LogP contribution in [0.4, 0.5) is 0 Å². The van der Waals surface area contributed by atoms with Gasteiger partial charge in [-0.3, -0.25) is 0 Å². The van der Waals surface area contributed by atoms with Crippen LogP contribution in [0.3, 0.4) is 0 Å². The van der Waals surface area contributed by atoms with E-state index in [-0.39, 0.29) is 0 Å². The number of nitrogens with one attached hydrogen (secondary N) is 1.